The van der Waals surface area contributed by atoms with Crippen molar-refractivity contribution >= 4 is 39.9 Å². The van der Waals surface area contributed by atoms with E-state index in [-0.39, 0.29) is 29.4 Å². The number of carbonyl (C=O) groups excluding carboxylic acids is 1. The van der Waals surface area contributed by atoms with Crippen LogP contribution in [-0.2, 0) is 13.0 Å². The molecule has 8 heteroatoms. The van der Waals surface area contributed by atoms with Gasteiger partial charge in [-0.2, -0.15) is 0 Å². The molecule has 2 aromatic rings. The molecule has 0 atom stereocenters. The third kappa shape index (κ3) is 3.52. The van der Waals surface area contributed by atoms with Crippen LogP contribution < -0.4 is 16.6 Å². The molecule has 0 saturated heterocycles. The molecule has 0 spiro atoms. The van der Waals surface area contributed by atoms with Crippen LogP contribution in [0.25, 0.3) is 10.2 Å². The lowest BCUT2D eigenvalue weighted by molar-refractivity contribution is 0.0907. The standard InChI is InChI=1S/C19H26N4O2S.ClH/c1-12-14-17(21-13-7-3-2-6-10-23(13)18(14)25)26-15(12)16(24)22-19(11-20)8-4-5-9-19;/h2-11,20H2,1H3,(H,22,24);1H. The molecule has 1 amide bonds. The molecule has 2 aliphatic rings. The quantitative estimate of drug-likeness (QED) is 0.813. The van der Waals surface area contributed by atoms with Gasteiger partial charge in [-0.3, -0.25) is 14.2 Å². The summed E-state index contributed by atoms with van der Waals surface area (Å²) in [7, 11) is 0. The van der Waals surface area contributed by atoms with E-state index >= 15 is 0 Å². The molecular formula is C19H27ClN4O2S. The first-order valence-corrected chi connectivity index (χ1v) is 10.4. The highest BCUT2D eigenvalue weighted by Crippen LogP contribution is 2.32. The van der Waals surface area contributed by atoms with Gasteiger partial charge in [0, 0.05) is 19.5 Å². The number of nitrogens with two attached hydrogens (primary N) is 1. The Balaban J connectivity index is 0.00000210. The summed E-state index contributed by atoms with van der Waals surface area (Å²) < 4.78 is 1.81. The fraction of sp³-hybridized carbons (Fsp3) is 0.632. The smallest absolute Gasteiger partial charge is 0.262 e. The summed E-state index contributed by atoms with van der Waals surface area (Å²) in [5, 5.41) is 3.78. The van der Waals surface area contributed by atoms with Gasteiger partial charge in [-0.1, -0.05) is 19.3 Å². The number of nitrogens with zero attached hydrogens (tertiary/aromatic N) is 2. The Morgan fingerprint density at radius 2 is 2.00 bits per heavy atom. The second-order valence-electron chi connectivity index (χ2n) is 7.68. The van der Waals surface area contributed by atoms with Crippen LogP contribution in [0.3, 0.4) is 0 Å². The Labute approximate surface area is 169 Å². The maximum atomic E-state index is 13.0. The molecule has 1 fully saturated rings. The van der Waals surface area contributed by atoms with Crippen LogP contribution in [0.15, 0.2) is 4.79 Å². The molecule has 1 aliphatic heterocycles. The van der Waals surface area contributed by atoms with Crippen LogP contribution in [0.1, 0.15) is 66.0 Å². The minimum absolute atomic E-state index is 0. The predicted molar refractivity (Wildman–Crippen MR) is 111 cm³/mol. The molecule has 1 saturated carbocycles. The fourth-order valence-electron chi connectivity index (χ4n) is 4.36. The fourth-order valence-corrected chi connectivity index (χ4v) is 5.44. The van der Waals surface area contributed by atoms with Gasteiger partial charge in [0.2, 0.25) is 0 Å². The van der Waals surface area contributed by atoms with Gasteiger partial charge in [0.15, 0.2) is 0 Å². The molecule has 0 radical (unpaired) electrons. The van der Waals surface area contributed by atoms with Gasteiger partial charge in [-0.05, 0) is 38.2 Å². The number of amides is 1. The van der Waals surface area contributed by atoms with Gasteiger partial charge in [0.25, 0.3) is 11.5 Å². The van der Waals surface area contributed by atoms with E-state index in [4.69, 9.17) is 10.7 Å². The Bertz CT molecular complexity index is 915. The zero-order valence-corrected chi connectivity index (χ0v) is 17.3. The van der Waals surface area contributed by atoms with Crippen molar-refractivity contribution in [1.29, 1.82) is 0 Å². The van der Waals surface area contributed by atoms with Crippen LogP contribution >= 0.6 is 23.7 Å². The lowest BCUT2D eigenvalue weighted by Gasteiger charge is -2.28. The van der Waals surface area contributed by atoms with Crippen LogP contribution in [0.5, 0.6) is 0 Å². The first-order chi connectivity index (χ1) is 12.5. The third-order valence-corrected chi connectivity index (χ3v) is 7.13. The molecular weight excluding hydrogens is 384 g/mol. The largest absolute Gasteiger partial charge is 0.345 e. The summed E-state index contributed by atoms with van der Waals surface area (Å²) in [6.45, 7) is 3.05. The lowest BCUT2D eigenvalue weighted by atomic mass is 9.97. The molecule has 3 N–H and O–H groups in total. The first kappa shape index (κ1) is 20.3. The molecule has 2 aromatic heterocycles. The summed E-state index contributed by atoms with van der Waals surface area (Å²) in [6.07, 6.45) is 8.08. The van der Waals surface area contributed by atoms with E-state index in [9.17, 15) is 9.59 Å². The topological polar surface area (TPSA) is 90.0 Å². The molecule has 148 valence electrons. The highest BCUT2D eigenvalue weighted by Gasteiger charge is 2.35. The van der Waals surface area contributed by atoms with Crippen LogP contribution in [0, 0.1) is 6.92 Å². The van der Waals surface area contributed by atoms with Gasteiger partial charge >= 0.3 is 0 Å². The van der Waals surface area contributed by atoms with Crippen molar-refractivity contribution in [2.45, 2.75) is 70.4 Å². The molecule has 1 aliphatic carbocycles. The molecule has 0 unspecified atom stereocenters. The normalized spacial score (nSPS) is 18.6. The number of fused-ring (bicyclic) bond motifs is 2. The van der Waals surface area contributed by atoms with Crippen molar-refractivity contribution in [2.24, 2.45) is 5.73 Å². The van der Waals surface area contributed by atoms with Crippen molar-refractivity contribution < 1.29 is 4.79 Å². The highest BCUT2D eigenvalue weighted by atomic mass is 35.5. The van der Waals surface area contributed by atoms with E-state index in [1.165, 1.54) is 11.3 Å². The molecule has 6 nitrogen and oxygen atoms in total. The summed E-state index contributed by atoms with van der Waals surface area (Å²) in [5.41, 5.74) is 6.42. The number of halogens is 1. The third-order valence-electron chi connectivity index (χ3n) is 5.95. The van der Waals surface area contributed by atoms with E-state index in [1.54, 1.807) is 0 Å². The van der Waals surface area contributed by atoms with Crippen LogP contribution in [0.4, 0.5) is 0 Å². The number of thiophene rings is 1. The Hall–Kier alpha value is -1.44. The zero-order valence-electron chi connectivity index (χ0n) is 15.7. The van der Waals surface area contributed by atoms with Crippen molar-refractivity contribution in [3.8, 4) is 0 Å². The van der Waals surface area contributed by atoms with Crippen molar-refractivity contribution in [1.82, 2.24) is 14.9 Å². The van der Waals surface area contributed by atoms with E-state index in [2.05, 4.69) is 5.32 Å². The maximum absolute atomic E-state index is 13.0. The maximum Gasteiger partial charge on any atom is 0.262 e. The van der Waals surface area contributed by atoms with E-state index in [0.29, 0.717) is 21.6 Å². The number of carbonyl (C=O) groups is 1. The number of nitrogens with one attached hydrogen (secondary N) is 1. The lowest BCUT2D eigenvalue weighted by Crippen LogP contribution is -2.51. The predicted octanol–water partition coefficient (Wildman–Crippen LogP) is 2.92. The van der Waals surface area contributed by atoms with Gasteiger partial charge in [0.1, 0.15) is 10.7 Å². The van der Waals surface area contributed by atoms with E-state index in [1.807, 2.05) is 11.5 Å². The van der Waals surface area contributed by atoms with Crippen molar-refractivity contribution in [2.75, 3.05) is 6.54 Å². The Morgan fingerprint density at radius 3 is 2.70 bits per heavy atom. The van der Waals surface area contributed by atoms with Crippen molar-refractivity contribution in [3.05, 3.63) is 26.6 Å². The Morgan fingerprint density at radius 1 is 1.26 bits per heavy atom. The van der Waals surface area contributed by atoms with Crippen LogP contribution in [0.2, 0.25) is 0 Å². The van der Waals surface area contributed by atoms with Crippen molar-refractivity contribution in [3.63, 3.8) is 0 Å². The summed E-state index contributed by atoms with van der Waals surface area (Å²) in [5.74, 6) is 0.750. The first-order valence-electron chi connectivity index (χ1n) is 9.60. The zero-order chi connectivity index (χ0) is 18.3. The molecule has 0 aromatic carbocycles. The molecule has 0 bridgehead atoms. The highest BCUT2D eigenvalue weighted by molar-refractivity contribution is 7.20. The van der Waals surface area contributed by atoms with Gasteiger partial charge in [-0.15, -0.1) is 23.7 Å². The Kier molecular flexibility index (Phi) is 5.93. The minimum Gasteiger partial charge on any atom is -0.345 e. The number of rotatable bonds is 3. The van der Waals surface area contributed by atoms with Crippen LogP contribution in [-0.4, -0.2) is 27.5 Å². The second-order valence-corrected chi connectivity index (χ2v) is 8.68. The number of hydrogen-bond acceptors (Lipinski definition) is 5. The molecule has 3 heterocycles. The van der Waals surface area contributed by atoms with Gasteiger partial charge in [-0.25, -0.2) is 4.98 Å². The number of hydrogen-bond donors (Lipinski definition) is 2. The summed E-state index contributed by atoms with van der Waals surface area (Å²) >= 11 is 1.34. The average Bonchev–Trinajstić information content (AvgIpc) is 3.13. The molecule has 27 heavy (non-hydrogen) atoms. The second kappa shape index (κ2) is 7.89. The summed E-state index contributed by atoms with van der Waals surface area (Å²) in [4.78, 5) is 32.0. The monoisotopic (exact) mass is 410 g/mol. The van der Waals surface area contributed by atoms with E-state index in [0.717, 1.165) is 69.3 Å². The minimum atomic E-state index is -0.292. The number of aryl methyl sites for hydroxylation is 2. The van der Waals surface area contributed by atoms with Gasteiger partial charge in [0.05, 0.1) is 15.8 Å². The van der Waals surface area contributed by atoms with Gasteiger partial charge < -0.3 is 11.1 Å². The SMILES string of the molecule is Cc1c(C(=O)NC2(CN)CCCC2)sc2nc3n(c(=O)c12)CCCCC3.Cl. The summed E-state index contributed by atoms with van der Waals surface area (Å²) in [6, 6.07) is 0. The van der Waals surface area contributed by atoms with E-state index < -0.39 is 0 Å². The number of aromatic nitrogens is 2. The molecule has 4 rings (SSSR count). The average molecular weight is 411 g/mol.